The van der Waals surface area contributed by atoms with Crippen LogP contribution in [0.4, 0.5) is 13.2 Å². The Morgan fingerprint density at radius 1 is 1.35 bits per heavy atom. The van der Waals surface area contributed by atoms with Crippen LogP contribution in [-0.4, -0.2) is 40.6 Å². The van der Waals surface area contributed by atoms with Gasteiger partial charge in [-0.25, -0.2) is 0 Å². The number of pyridine rings is 1. The van der Waals surface area contributed by atoms with Gasteiger partial charge in [-0.1, -0.05) is 12.8 Å². The van der Waals surface area contributed by atoms with Crippen molar-refractivity contribution < 1.29 is 23.1 Å². The van der Waals surface area contributed by atoms with Gasteiger partial charge in [0.1, 0.15) is 11.3 Å². The van der Waals surface area contributed by atoms with E-state index in [-0.39, 0.29) is 18.0 Å². The number of carbonyl (C=O) groups is 1. The maximum absolute atomic E-state index is 12.5. The molecule has 0 spiro atoms. The number of aromatic nitrogens is 1. The highest BCUT2D eigenvalue weighted by atomic mass is 19.4. The molecule has 1 aromatic rings. The third-order valence-corrected chi connectivity index (χ3v) is 4.17. The molecule has 5 nitrogen and oxygen atoms in total. The van der Waals surface area contributed by atoms with Crippen LogP contribution in [0.2, 0.25) is 0 Å². The van der Waals surface area contributed by atoms with Crippen LogP contribution in [-0.2, 0) is 6.18 Å². The highest BCUT2D eigenvalue weighted by molar-refractivity contribution is 5.93. The normalized spacial score (nSPS) is 22.0. The fourth-order valence-electron chi connectivity index (χ4n) is 2.85. The van der Waals surface area contributed by atoms with E-state index in [4.69, 9.17) is 0 Å². The topological polar surface area (TPSA) is 73.4 Å². The summed E-state index contributed by atoms with van der Waals surface area (Å²) in [5.74, 6) is -0.732. The van der Waals surface area contributed by atoms with Crippen molar-refractivity contribution in [2.24, 2.45) is 5.92 Å². The van der Waals surface area contributed by atoms with Gasteiger partial charge in [-0.2, -0.15) is 13.2 Å². The molecule has 1 aromatic heterocycles. The van der Waals surface area contributed by atoms with Crippen molar-refractivity contribution in [3.8, 4) is 0 Å². The van der Waals surface area contributed by atoms with Crippen LogP contribution < -0.4 is 5.56 Å². The molecule has 1 saturated carbocycles. The summed E-state index contributed by atoms with van der Waals surface area (Å²) in [5.41, 5.74) is -2.60. The number of halogens is 3. The van der Waals surface area contributed by atoms with E-state index in [0.29, 0.717) is 12.5 Å². The number of amides is 1. The molecule has 1 aliphatic rings. The molecule has 0 bridgehead atoms. The molecule has 1 amide bonds. The first-order chi connectivity index (χ1) is 10.7. The third kappa shape index (κ3) is 4.13. The Balaban J connectivity index is 2.12. The van der Waals surface area contributed by atoms with E-state index in [1.165, 1.54) is 11.9 Å². The monoisotopic (exact) mass is 332 g/mol. The van der Waals surface area contributed by atoms with E-state index in [9.17, 15) is 27.9 Å². The van der Waals surface area contributed by atoms with Crippen molar-refractivity contribution in [1.82, 2.24) is 9.88 Å². The second-order valence-corrected chi connectivity index (χ2v) is 5.91. The molecule has 128 valence electrons. The summed E-state index contributed by atoms with van der Waals surface area (Å²) in [5, 5.41) is 9.92. The summed E-state index contributed by atoms with van der Waals surface area (Å²) in [4.78, 5) is 26.9. The van der Waals surface area contributed by atoms with Gasteiger partial charge in [0.25, 0.3) is 11.5 Å². The van der Waals surface area contributed by atoms with Gasteiger partial charge >= 0.3 is 6.18 Å². The molecule has 2 unspecified atom stereocenters. The van der Waals surface area contributed by atoms with Crippen LogP contribution in [0.5, 0.6) is 0 Å². The summed E-state index contributed by atoms with van der Waals surface area (Å²) in [7, 11) is 1.47. The second kappa shape index (κ2) is 6.74. The first-order valence-corrected chi connectivity index (χ1v) is 7.44. The third-order valence-electron chi connectivity index (χ3n) is 4.17. The number of aliphatic hydroxyl groups is 1. The number of alkyl halides is 3. The highest BCUT2D eigenvalue weighted by Gasteiger charge is 2.33. The number of hydrogen-bond acceptors (Lipinski definition) is 3. The molecule has 1 heterocycles. The quantitative estimate of drug-likeness (QED) is 0.889. The zero-order chi connectivity index (χ0) is 17.2. The number of nitrogens with zero attached hydrogens (tertiary/aromatic N) is 1. The number of rotatable bonds is 3. The predicted molar refractivity (Wildman–Crippen MR) is 77.0 cm³/mol. The Hall–Kier alpha value is -1.83. The zero-order valence-corrected chi connectivity index (χ0v) is 12.7. The zero-order valence-electron chi connectivity index (χ0n) is 12.7. The summed E-state index contributed by atoms with van der Waals surface area (Å²) in [6.07, 6.45) is -1.81. The van der Waals surface area contributed by atoms with Gasteiger partial charge in [0.05, 0.1) is 6.10 Å². The fraction of sp³-hybridized carbons (Fsp3) is 0.600. The second-order valence-electron chi connectivity index (χ2n) is 5.91. The number of H-pyrrole nitrogens is 1. The molecule has 1 aliphatic carbocycles. The van der Waals surface area contributed by atoms with E-state index in [0.717, 1.165) is 25.3 Å². The molecule has 2 rings (SSSR count). The van der Waals surface area contributed by atoms with Gasteiger partial charge in [0.2, 0.25) is 0 Å². The molecule has 0 radical (unpaired) electrons. The van der Waals surface area contributed by atoms with Crippen LogP contribution in [0, 0.1) is 5.92 Å². The molecule has 0 saturated heterocycles. The van der Waals surface area contributed by atoms with Crippen LogP contribution >= 0.6 is 0 Å². The Morgan fingerprint density at radius 3 is 2.57 bits per heavy atom. The van der Waals surface area contributed by atoms with Gasteiger partial charge < -0.3 is 15.0 Å². The van der Waals surface area contributed by atoms with Crippen LogP contribution in [0.1, 0.15) is 41.7 Å². The Kier molecular flexibility index (Phi) is 5.13. The highest BCUT2D eigenvalue weighted by Crippen LogP contribution is 2.27. The van der Waals surface area contributed by atoms with Crippen LogP contribution in [0.25, 0.3) is 0 Å². The molecular weight excluding hydrogens is 313 g/mol. The minimum absolute atomic E-state index is 0.0776. The van der Waals surface area contributed by atoms with Crippen molar-refractivity contribution in [2.75, 3.05) is 13.6 Å². The summed E-state index contributed by atoms with van der Waals surface area (Å²) >= 11 is 0. The fourth-order valence-corrected chi connectivity index (χ4v) is 2.85. The first-order valence-electron chi connectivity index (χ1n) is 7.44. The van der Waals surface area contributed by atoms with Crippen molar-refractivity contribution in [1.29, 1.82) is 0 Å². The maximum atomic E-state index is 12.5. The molecule has 0 aromatic carbocycles. The number of carbonyl (C=O) groups excluding carboxylic acids is 1. The van der Waals surface area contributed by atoms with Gasteiger partial charge in [0.15, 0.2) is 0 Å². The van der Waals surface area contributed by atoms with E-state index >= 15 is 0 Å². The molecular formula is C15H19F3N2O3. The smallest absolute Gasteiger partial charge is 0.393 e. The van der Waals surface area contributed by atoms with E-state index in [1.807, 2.05) is 0 Å². The minimum Gasteiger partial charge on any atom is -0.393 e. The Morgan fingerprint density at radius 2 is 2.00 bits per heavy atom. The first kappa shape index (κ1) is 17.5. The molecule has 2 atom stereocenters. The lowest BCUT2D eigenvalue weighted by Crippen LogP contribution is -2.39. The molecule has 8 heteroatoms. The Bertz CT molecular complexity index is 627. The van der Waals surface area contributed by atoms with Crippen molar-refractivity contribution in [3.63, 3.8) is 0 Å². The van der Waals surface area contributed by atoms with E-state index in [2.05, 4.69) is 0 Å². The lowest BCUT2D eigenvalue weighted by Gasteiger charge is -2.31. The van der Waals surface area contributed by atoms with Crippen LogP contribution in [0.3, 0.4) is 0 Å². The van der Waals surface area contributed by atoms with E-state index in [1.54, 1.807) is 4.98 Å². The summed E-state index contributed by atoms with van der Waals surface area (Å²) in [6.45, 7) is 0.264. The number of aliphatic hydroxyl groups excluding tert-OH is 1. The van der Waals surface area contributed by atoms with Crippen molar-refractivity contribution >= 4 is 5.91 Å². The average Bonchev–Trinajstić information content (AvgIpc) is 2.48. The summed E-state index contributed by atoms with van der Waals surface area (Å²) in [6, 6.07) is 1.57. The lowest BCUT2D eigenvalue weighted by molar-refractivity contribution is -0.141. The SMILES string of the molecule is CN(CC1CCCCC1O)C(=O)c1ccc(C(F)(F)F)[nH]c1=O. The molecule has 23 heavy (non-hydrogen) atoms. The minimum atomic E-state index is -4.67. The number of hydrogen-bond donors (Lipinski definition) is 2. The van der Waals surface area contributed by atoms with Gasteiger partial charge in [-0.15, -0.1) is 0 Å². The lowest BCUT2D eigenvalue weighted by atomic mass is 9.86. The molecule has 0 aliphatic heterocycles. The van der Waals surface area contributed by atoms with Crippen LogP contribution in [0.15, 0.2) is 16.9 Å². The number of aromatic amines is 1. The van der Waals surface area contributed by atoms with E-state index < -0.39 is 29.4 Å². The van der Waals surface area contributed by atoms with Gasteiger partial charge in [-0.05, 0) is 25.0 Å². The largest absolute Gasteiger partial charge is 0.431 e. The average molecular weight is 332 g/mol. The van der Waals surface area contributed by atoms with Crippen molar-refractivity contribution in [3.05, 3.63) is 33.7 Å². The Labute approximate surface area is 131 Å². The number of nitrogens with one attached hydrogen (secondary N) is 1. The molecule has 1 fully saturated rings. The van der Waals surface area contributed by atoms with Crippen molar-refractivity contribution in [2.45, 2.75) is 38.0 Å². The molecule has 2 N–H and O–H groups in total. The summed E-state index contributed by atoms with van der Waals surface area (Å²) < 4.78 is 37.6. The maximum Gasteiger partial charge on any atom is 0.431 e. The standard InChI is InChI=1S/C15H19F3N2O3/c1-20(8-9-4-2-3-5-11(9)21)14(23)10-6-7-12(15(16,17)18)19-13(10)22/h6-7,9,11,21H,2-5,8H2,1H3,(H,19,22). The van der Waals surface area contributed by atoms with Gasteiger partial charge in [-0.3, -0.25) is 9.59 Å². The van der Waals surface area contributed by atoms with Gasteiger partial charge in [0, 0.05) is 19.5 Å². The predicted octanol–water partition coefficient (Wildman–Crippen LogP) is 2.02.